The summed E-state index contributed by atoms with van der Waals surface area (Å²) in [6.07, 6.45) is 0. The second-order valence-electron chi connectivity index (χ2n) is 8.78. The topological polar surface area (TPSA) is 41.4 Å². The average Bonchev–Trinajstić information content (AvgIpc) is 2.81. The van der Waals surface area contributed by atoms with E-state index in [4.69, 9.17) is 4.98 Å². The molecule has 1 atom stereocenters. The fourth-order valence-electron chi connectivity index (χ4n) is 4.64. The van der Waals surface area contributed by atoms with Gasteiger partial charge in [-0.3, -0.25) is 14.3 Å². The van der Waals surface area contributed by atoms with Crippen LogP contribution in [0.1, 0.15) is 18.3 Å². The molecule has 1 aliphatic rings. The van der Waals surface area contributed by atoms with Gasteiger partial charge >= 0.3 is 0 Å². The first-order valence-electron chi connectivity index (χ1n) is 11.3. The lowest BCUT2D eigenvalue weighted by atomic mass is 10.1. The lowest BCUT2D eigenvalue weighted by Crippen LogP contribution is -2.52. The zero-order valence-electron chi connectivity index (χ0n) is 18.9. The van der Waals surface area contributed by atoms with Gasteiger partial charge in [-0.05, 0) is 62.4 Å². The number of nitrogens with zero attached hydrogens (tertiary/aromatic N) is 4. The Morgan fingerprint density at radius 1 is 0.939 bits per heavy atom. The summed E-state index contributed by atoms with van der Waals surface area (Å²) >= 11 is 0. The predicted octanol–water partition coefficient (Wildman–Crippen LogP) is 4.54. The SMILES string of the molecule is Cc1ccc(N2CCN(Cc3nc4ccccc4c(=O)n3-c3ccc(F)cc3)C[C@@H]2C)cc1. The van der Waals surface area contributed by atoms with Gasteiger partial charge in [-0.15, -0.1) is 0 Å². The number of rotatable bonds is 4. The minimum Gasteiger partial charge on any atom is -0.366 e. The highest BCUT2D eigenvalue weighted by Gasteiger charge is 2.25. The van der Waals surface area contributed by atoms with Gasteiger partial charge in [0, 0.05) is 31.4 Å². The van der Waals surface area contributed by atoms with Gasteiger partial charge in [0.05, 0.1) is 23.1 Å². The summed E-state index contributed by atoms with van der Waals surface area (Å²) < 4.78 is 15.2. The summed E-state index contributed by atoms with van der Waals surface area (Å²) in [6, 6.07) is 22.4. The number of piperazine rings is 1. The van der Waals surface area contributed by atoms with Crippen LogP contribution in [0.25, 0.3) is 16.6 Å². The Balaban J connectivity index is 1.46. The van der Waals surface area contributed by atoms with Gasteiger partial charge in [-0.2, -0.15) is 0 Å². The van der Waals surface area contributed by atoms with E-state index in [0.717, 1.165) is 19.6 Å². The molecule has 1 aliphatic heterocycles. The normalized spacial score (nSPS) is 16.9. The maximum atomic E-state index is 13.6. The molecule has 1 fully saturated rings. The van der Waals surface area contributed by atoms with Crippen LogP contribution in [-0.2, 0) is 6.54 Å². The molecule has 0 unspecified atom stereocenters. The molecule has 5 nitrogen and oxygen atoms in total. The molecule has 3 aromatic carbocycles. The zero-order chi connectivity index (χ0) is 22.9. The number of aryl methyl sites for hydroxylation is 1. The highest BCUT2D eigenvalue weighted by atomic mass is 19.1. The molecule has 0 amide bonds. The molecule has 2 heterocycles. The number of halogens is 1. The van der Waals surface area contributed by atoms with E-state index >= 15 is 0 Å². The molecular weight excluding hydrogens is 415 g/mol. The molecule has 0 bridgehead atoms. The molecule has 0 saturated carbocycles. The molecular formula is C27H27FN4O. The van der Waals surface area contributed by atoms with E-state index in [2.05, 4.69) is 47.9 Å². The van der Waals surface area contributed by atoms with Crippen molar-refractivity contribution in [2.24, 2.45) is 0 Å². The van der Waals surface area contributed by atoms with Crippen LogP contribution >= 0.6 is 0 Å². The number of benzene rings is 3. The van der Waals surface area contributed by atoms with Crippen molar-refractivity contribution in [2.75, 3.05) is 24.5 Å². The van der Waals surface area contributed by atoms with Gasteiger partial charge in [-0.25, -0.2) is 9.37 Å². The fraction of sp³-hybridized carbons (Fsp3) is 0.259. The van der Waals surface area contributed by atoms with Crippen molar-refractivity contribution in [1.29, 1.82) is 0 Å². The molecule has 5 rings (SSSR count). The summed E-state index contributed by atoms with van der Waals surface area (Å²) in [5.74, 6) is 0.337. The summed E-state index contributed by atoms with van der Waals surface area (Å²) in [5, 5.41) is 0.558. The summed E-state index contributed by atoms with van der Waals surface area (Å²) in [7, 11) is 0. The van der Waals surface area contributed by atoms with E-state index in [1.165, 1.54) is 23.4 Å². The van der Waals surface area contributed by atoms with E-state index in [-0.39, 0.29) is 11.4 Å². The Bertz CT molecular complexity index is 1330. The minimum atomic E-state index is -0.330. The van der Waals surface area contributed by atoms with Crippen LogP contribution < -0.4 is 10.5 Å². The van der Waals surface area contributed by atoms with Gasteiger partial charge in [0.15, 0.2) is 0 Å². The summed E-state index contributed by atoms with van der Waals surface area (Å²) in [4.78, 5) is 23.0. The van der Waals surface area contributed by atoms with Crippen LogP contribution in [0.3, 0.4) is 0 Å². The second-order valence-corrected chi connectivity index (χ2v) is 8.78. The smallest absolute Gasteiger partial charge is 0.266 e. The Morgan fingerprint density at radius 2 is 1.64 bits per heavy atom. The summed E-state index contributed by atoms with van der Waals surface area (Å²) in [6.45, 7) is 7.50. The van der Waals surface area contributed by atoms with E-state index < -0.39 is 0 Å². The number of hydrogen-bond acceptors (Lipinski definition) is 4. The van der Waals surface area contributed by atoms with Gasteiger partial charge < -0.3 is 4.90 Å². The van der Waals surface area contributed by atoms with Crippen molar-refractivity contribution >= 4 is 16.6 Å². The Kier molecular flexibility index (Phi) is 5.68. The van der Waals surface area contributed by atoms with Crippen LogP contribution in [0.2, 0.25) is 0 Å². The van der Waals surface area contributed by atoms with Crippen LogP contribution in [0.4, 0.5) is 10.1 Å². The van der Waals surface area contributed by atoms with Crippen LogP contribution in [-0.4, -0.2) is 40.1 Å². The second kappa shape index (κ2) is 8.79. The van der Waals surface area contributed by atoms with Crippen molar-refractivity contribution in [1.82, 2.24) is 14.5 Å². The van der Waals surface area contributed by atoms with E-state index in [0.29, 0.717) is 35.0 Å². The van der Waals surface area contributed by atoms with Crippen molar-refractivity contribution in [3.63, 3.8) is 0 Å². The molecule has 0 spiro atoms. The average molecular weight is 443 g/mol. The first kappa shape index (κ1) is 21.3. The third kappa shape index (κ3) is 4.26. The van der Waals surface area contributed by atoms with Gasteiger partial charge in [-0.1, -0.05) is 29.8 Å². The molecule has 168 valence electrons. The maximum Gasteiger partial charge on any atom is 0.266 e. The fourth-order valence-corrected chi connectivity index (χ4v) is 4.64. The molecule has 0 aliphatic carbocycles. The van der Waals surface area contributed by atoms with Crippen molar-refractivity contribution < 1.29 is 4.39 Å². The maximum absolute atomic E-state index is 13.6. The zero-order valence-corrected chi connectivity index (χ0v) is 18.9. The number of aromatic nitrogens is 2. The Labute approximate surface area is 192 Å². The molecule has 33 heavy (non-hydrogen) atoms. The first-order chi connectivity index (χ1) is 16.0. The van der Waals surface area contributed by atoms with E-state index in [1.54, 1.807) is 22.8 Å². The molecule has 4 aromatic rings. The van der Waals surface area contributed by atoms with Crippen molar-refractivity contribution in [3.05, 3.63) is 100 Å². The monoisotopic (exact) mass is 442 g/mol. The lowest BCUT2D eigenvalue weighted by Gasteiger charge is -2.41. The Hall–Kier alpha value is -3.51. The number of fused-ring (bicyclic) bond motifs is 1. The van der Waals surface area contributed by atoms with E-state index in [1.807, 2.05) is 18.2 Å². The first-order valence-corrected chi connectivity index (χ1v) is 11.3. The van der Waals surface area contributed by atoms with Crippen LogP contribution in [0.15, 0.2) is 77.6 Å². The standard InChI is InChI=1S/C27H27FN4O/c1-19-7-11-22(12-8-19)31-16-15-30(17-20(31)2)18-26-29-25-6-4-3-5-24(25)27(33)32(26)23-13-9-21(28)10-14-23/h3-14,20H,15-18H2,1-2H3/t20-/m0/s1. The number of anilines is 1. The Morgan fingerprint density at radius 3 is 2.36 bits per heavy atom. The largest absolute Gasteiger partial charge is 0.366 e. The lowest BCUT2D eigenvalue weighted by molar-refractivity contribution is 0.214. The van der Waals surface area contributed by atoms with Crippen LogP contribution in [0.5, 0.6) is 0 Å². The van der Waals surface area contributed by atoms with Crippen LogP contribution in [0, 0.1) is 12.7 Å². The highest BCUT2D eigenvalue weighted by Crippen LogP contribution is 2.22. The quantitative estimate of drug-likeness (QED) is 0.465. The number of para-hydroxylation sites is 1. The third-order valence-electron chi connectivity index (χ3n) is 6.37. The predicted molar refractivity (Wildman–Crippen MR) is 131 cm³/mol. The molecule has 0 radical (unpaired) electrons. The van der Waals surface area contributed by atoms with E-state index in [9.17, 15) is 9.18 Å². The number of hydrogen-bond donors (Lipinski definition) is 0. The minimum absolute atomic E-state index is 0.131. The van der Waals surface area contributed by atoms with Gasteiger partial charge in [0.1, 0.15) is 11.6 Å². The summed E-state index contributed by atoms with van der Waals surface area (Å²) in [5.41, 5.74) is 3.67. The van der Waals surface area contributed by atoms with Gasteiger partial charge in [0.2, 0.25) is 0 Å². The molecule has 1 saturated heterocycles. The molecule has 6 heteroatoms. The molecule has 0 N–H and O–H groups in total. The third-order valence-corrected chi connectivity index (χ3v) is 6.37. The van der Waals surface area contributed by atoms with Crippen molar-refractivity contribution in [3.8, 4) is 5.69 Å². The van der Waals surface area contributed by atoms with Gasteiger partial charge in [0.25, 0.3) is 5.56 Å². The van der Waals surface area contributed by atoms with Crippen molar-refractivity contribution in [2.45, 2.75) is 26.4 Å². The highest BCUT2D eigenvalue weighted by molar-refractivity contribution is 5.77. The molecule has 1 aromatic heterocycles.